The second-order valence-electron chi connectivity index (χ2n) is 0.250. The molecule has 0 aromatic rings. The van der Waals surface area contributed by atoms with Crippen molar-refractivity contribution in [3.8, 4) is 0 Å². The minimum atomic E-state index is -2.33. The van der Waals surface area contributed by atoms with Gasteiger partial charge in [0.15, 0.2) is 0 Å². The topological polar surface area (TPSA) is 284 Å². The van der Waals surface area contributed by atoms with E-state index in [4.69, 9.17) is 15.0 Å². The molecular weight excluding hydrogens is 196 g/mol. The third kappa shape index (κ3) is 12600. The minimum Gasteiger partial charge on any atom is -0.652 e. The van der Waals surface area contributed by atoms with Crippen LogP contribution in [0.1, 0.15) is 0 Å². The summed E-state index contributed by atoms with van der Waals surface area (Å²) in [4.78, 5) is 8.33. The Morgan fingerprint density at radius 2 is 0.667 bits per heavy atom. The van der Waals surface area contributed by atoms with Crippen molar-refractivity contribution < 1.29 is 53.3 Å². The summed E-state index contributed by atoms with van der Waals surface area (Å²) < 4.78 is 0. The Bertz CT molecular complexity index is 32.8. The van der Waals surface area contributed by atoms with Crippen LogP contribution in [0.3, 0.4) is 0 Å². The molecule has 0 aromatic carbocycles. The molecule has 0 amide bonds. The van der Waals surface area contributed by atoms with Crippen molar-refractivity contribution in [2.45, 2.75) is 0 Å². The van der Waals surface area contributed by atoms with Gasteiger partial charge in [-0.3, -0.25) is 0 Å². The molecule has 0 aliphatic carbocycles. The fourth-order valence-electron chi connectivity index (χ4n) is 0. The van der Waals surface area contributed by atoms with Crippen molar-refractivity contribution in [3.63, 3.8) is 0 Å². The Hall–Kier alpha value is -0.244. The molecule has 0 heterocycles. The number of carbonyl (C=O) groups is 1. The van der Waals surface area contributed by atoms with E-state index >= 15 is 0 Å². The third-order valence-corrected chi connectivity index (χ3v) is 0. The van der Waals surface area contributed by atoms with Crippen LogP contribution in [0, 0.1) is 0 Å². The summed E-state index contributed by atoms with van der Waals surface area (Å²) in [5.74, 6) is 0. The second-order valence-corrected chi connectivity index (χ2v) is 0.250. The van der Waals surface area contributed by atoms with Crippen LogP contribution in [0.2, 0.25) is 0 Å². The predicted molar refractivity (Wildman–Crippen MR) is 36.4 cm³/mol. The molecule has 11 heteroatoms. The first-order chi connectivity index (χ1) is 1.73. The standard InChI is InChI=1S/CH2O3.Mg.7H2O/c2-1(3)4;;;;;;;;/h(H2,2,3,4);;7*1H2/q;+2;;;;;;;/p-2. The molecule has 0 bridgehead atoms. The van der Waals surface area contributed by atoms with Gasteiger partial charge in [0.25, 0.3) is 0 Å². The summed E-state index contributed by atoms with van der Waals surface area (Å²) in [5, 5.41) is 16.7. The average molecular weight is 210 g/mol. The Balaban J connectivity index is -0.00000000161. The molecule has 0 saturated heterocycles. The summed E-state index contributed by atoms with van der Waals surface area (Å²) in [6.07, 6.45) is -2.33. The Morgan fingerprint density at radius 3 is 0.667 bits per heavy atom. The molecule has 0 fully saturated rings. The van der Waals surface area contributed by atoms with E-state index in [1.54, 1.807) is 0 Å². The largest absolute Gasteiger partial charge is 2.00 e. The van der Waals surface area contributed by atoms with Gasteiger partial charge in [-0.05, 0) is 6.16 Å². The number of carbonyl (C=O) groups excluding carboxylic acids is 1. The molecule has 0 radical (unpaired) electrons. The molecule has 0 spiro atoms. The summed E-state index contributed by atoms with van der Waals surface area (Å²) >= 11 is 0. The molecule has 0 aromatic heterocycles. The summed E-state index contributed by atoms with van der Waals surface area (Å²) in [7, 11) is 0. The quantitative estimate of drug-likeness (QED) is 0.352. The molecule has 0 atom stereocenters. The van der Waals surface area contributed by atoms with E-state index in [2.05, 4.69) is 0 Å². The minimum absolute atomic E-state index is 0. The van der Waals surface area contributed by atoms with Crippen LogP contribution >= 0.6 is 0 Å². The Labute approximate surface area is 83.1 Å². The molecule has 0 aliphatic rings. The Kier molecular flexibility index (Phi) is 2010. The summed E-state index contributed by atoms with van der Waals surface area (Å²) in [6, 6.07) is 0. The second kappa shape index (κ2) is 135. The van der Waals surface area contributed by atoms with E-state index in [-0.39, 0.29) is 61.4 Å². The van der Waals surface area contributed by atoms with Crippen molar-refractivity contribution >= 4 is 29.2 Å². The van der Waals surface area contributed by atoms with Gasteiger partial charge in [0.2, 0.25) is 0 Å². The fourth-order valence-corrected chi connectivity index (χ4v) is 0. The van der Waals surface area contributed by atoms with Crippen LogP contribution in [0.5, 0.6) is 0 Å². The van der Waals surface area contributed by atoms with Crippen molar-refractivity contribution in [2.75, 3.05) is 0 Å². The van der Waals surface area contributed by atoms with Gasteiger partial charge >= 0.3 is 23.1 Å². The van der Waals surface area contributed by atoms with E-state index in [9.17, 15) is 0 Å². The molecule has 0 rings (SSSR count). The maximum absolute atomic E-state index is 8.33. The number of hydrogen-bond acceptors (Lipinski definition) is 3. The molecular formula is CH14MgO10. The van der Waals surface area contributed by atoms with Crippen LogP contribution in [0.15, 0.2) is 0 Å². The first kappa shape index (κ1) is 179. The van der Waals surface area contributed by atoms with E-state index < -0.39 is 6.16 Å². The molecule has 12 heavy (non-hydrogen) atoms. The number of hydrogen-bond donors (Lipinski definition) is 0. The van der Waals surface area contributed by atoms with Crippen molar-refractivity contribution in [1.82, 2.24) is 0 Å². The average Bonchev–Trinajstić information content (AvgIpc) is 0.811. The van der Waals surface area contributed by atoms with Crippen LogP contribution < -0.4 is 10.2 Å². The first-order valence-corrected chi connectivity index (χ1v) is 0.612. The third-order valence-electron chi connectivity index (χ3n) is 0. The van der Waals surface area contributed by atoms with Crippen molar-refractivity contribution in [2.24, 2.45) is 0 Å². The van der Waals surface area contributed by atoms with Gasteiger partial charge in [0.1, 0.15) is 0 Å². The first-order valence-electron chi connectivity index (χ1n) is 0.612. The van der Waals surface area contributed by atoms with Gasteiger partial charge in [0, 0.05) is 0 Å². The molecule has 0 unspecified atom stereocenters. The van der Waals surface area contributed by atoms with Crippen molar-refractivity contribution in [3.05, 3.63) is 0 Å². The Morgan fingerprint density at radius 1 is 0.667 bits per heavy atom. The number of rotatable bonds is 0. The van der Waals surface area contributed by atoms with Gasteiger partial charge < -0.3 is 53.3 Å². The molecule has 0 saturated carbocycles. The van der Waals surface area contributed by atoms with E-state index in [1.165, 1.54) is 0 Å². The molecule has 14 N–H and O–H groups in total. The number of carboxylic acid groups (broad SMARTS) is 2. The van der Waals surface area contributed by atoms with E-state index in [1.807, 2.05) is 0 Å². The van der Waals surface area contributed by atoms with Crippen LogP contribution in [-0.2, 0) is 0 Å². The molecule has 80 valence electrons. The maximum atomic E-state index is 8.33. The zero-order valence-corrected chi connectivity index (χ0v) is 7.35. The smallest absolute Gasteiger partial charge is 0.652 e. The van der Waals surface area contributed by atoms with E-state index in [0.717, 1.165) is 0 Å². The van der Waals surface area contributed by atoms with Gasteiger partial charge in [-0.15, -0.1) is 0 Å². The van der Waals surface area contributed by atoms with Crippen LogP contribution in [0.4, 0.5) is 4.79 Å². The predicted octanol–water partition coefficient (Wildman–Crippen LogP) is -8.60. The fraction of sp³-hybridized carbons (Fsp3) is 0. The SMILES string of the molecule is O.O.O.O.O.O.O.O=C([O-])[O-].[Mg+2]. The maximum Gasteiger partial charge on any atom is 2.00 e. The zero-order chi connectivity index (χ0) is 3.58. The van der Waals surface area contributed by atoms with Gasteiger partial charge in [-0.25, -0.2) is 0 Å². The summed E-state index contributed by atoms with van der Waals surface area (Å²) in [5.41, 5.74) is 0. The molecule has 0 aliphatic heterocycles. The zero-order valence-electron chi connectivity index (χ0n) is 5.93. The molecule has 10 nitrogen and oxygen atoms in total. The summed E-state index contributed by atoms with van der Waals surface area (Å²) in [6.45, 7) is 0. The van der Waals surface area contributed by atoms with E-state index in [0.29, 0.717) is 0 Å². The van der Waals surface area contributed by atoms with Crippen LogP contribution in [0.25, 0.3) is 0 Å². The van der Waals surface area contributed by atoms with Crippen LogP contribution in [-0.4, -0.2) is 67.5 Å². The van der Waals surface area contributed by atoms with Gasteiger partial charge in [-0.2, -0.15) is 0 Å². The monoisotopic (exact) mass is 210 g/mol. The normalized spacial score (nSPS) is 2.00. The van der Waals surface area contributed by atoms with Crippen molar-refractivity contribution in [1.29, 1.82) is 0 Å². The van der Waals surface area contributed by atoms with Gasteiger partial charge in [0.05, 0.1) is 0 Å². The van der Waals surface area contributed by atoms with Gasteiger partial charge in [-0.1, -0.05) is 0 Å².